The van der Waals surface area contributed by atoms with Gasteiger partial charge < -0.3 is 9.84 Å². The molecule has 0 saturated heterocycles. The third-order valence-corrected chi connectivity index (χ3v) is 3.70. The van der Waals surface area contributed by atoms with Crippen LogP contribution in [0.3, 0.4) is 0 Å². The molecule has 20 heavy (non-hydrogen) atoms. The SMILES string of the molecule is O=C(O)C1(CCOCC(F)(F)F)CCc2ccccc21. The Morgan fingerprint density at radius 1 is 1.35 bits per heavy atom. The molecule has 110 valence electrons. The first-order valence-corrected chi connectivity index (χ1v) is 6.31. The monoisotopic (exact) mass is 288 g/mol. The Bertz CT molecular complexity index is 499. The molecular weight excluding hydrogens is 273 g/mol. The van der Waals surface area contributed by atoms with E-state index in [1.807, 2.05) is 12.1 Å². The van der Waals surface area contributed by atoms with Crippen molar-refractivity contribution >= 4 is 5.97 Å². The highest BCUT2D eigenvalue weighted by Gasteiger charge is 2.45. The predicted molar refractivity (Wildman–Crippen MR) is 65.6 cm³/mol. The first-order chi connectivity index (χ1) is 9.35. The first kappa shape index (κ1) is 14.8. The lowest BCUT2D eigenvalue weighted by atomic mass is 9.79. The molecule has 0 heterocycles. The summed E-state index contributed by atoms with van der Waals surface area (Å²) in [6.45, 7) is -1.56. The Balaban J connectivity index is 2.08. The number of rotatable bonds is 5. The summed E-state index contributed by atoms with van der Waals surface area (Å²) in [5.74, 6) is -1.00. The average molecular weight is 288 g/mol. The van der Waals surface area contributed by atoms with Crippen molar-refractivity contribution in [3.63, 3.8) is 0 Å². The Morgan fingerprint density at radius 3 is 2.70 bits per heavy atom. The smallest absolute Gasteiger partial charge is 0.411 e. The van der Waals surface area contributed by atoms with Crippen molar-refractivity contribution in [1.29, 1.82) is 0 Å². The molecule has 0 bridgehead atoms. The van der Waals surface area contributed by atoms with Crippen molar-refractivity contribution < 1.29 is 27.8 Å². The fourth-order valence-electron chi connectivity index (χ4n) is 2.71. The van der Waals surface area contributed by atoms with Gasteiger partial charge in [-0.1, -0.05) is 24.3 Å². The van der Waals surface area contributed by atoms with Crippen molar-refractivity contribution in [2.24, 2.45) is 0 Å². The zero-order chi connectivity index (χ0) is 14.8. The van der Waals surface area contributed by atoms with Gasteiger partial charge in [-0.15, -0.1) is 0 Å². The van der Waals surface area contributed by atoms with E-state index in [9.17, 15) is 23.1 Å². The summed E-state index contributed by atoms with van der Waals surface area (Å²) in [5, 5.41) is 9.49. The quantitative estimate of drug-likeness (QED) is 0.847. The Morgan fingerprint density at radius 2 is 2.05 bits per heavy atom. The lowest BCUT2D eigenvalue weighted by Crippen LogP contribution is -2.35. The number of ether oxygens (including phenoxy) is 1. The lowest BCUT2D eigenvalue weighted by Gasteiger charge is -2.25. The highest BCUT2D eigenvalue weighted by molar-refractivity contribution is 5.83. The largest absolute Gasteiger partial charge is 0.481 e. The van der Waals surface area contributed by atoms with Crippen LogP contribution in [0.15, 0.2) is 24.3 Å². The topological polar surface area (TPSA) is 46.5 Å². The second kappa shape index (κ2) is 5.44. The van der Waals surface area contributed by atoms with Crippen molar-refractivity contribution in [3.8, 4) is 0 Å². The zero-order valence-electron chi connectivity index (χ0n) is 10.7. The maximum Gasteiger partial charge on any atom is 0.411 e. The van der Waals surface area contributed by atoms with Crippen LogP contribution in [0.4, 0.5) is 13.2 Å². The Hall–Kier alpha value is -1.56. The molecule has 0 radical (unpaired) electrons. The van der Waals surface area contributed by atoms with Crippen molar-refractivity contribution in [2.45, 2.75) is 30.9 Å². The van der Waals surface area contributed by atoms with E-state index in [1.54, 1.807) is 12.1 Å². The zero-order valence-corrected chi connectivity index (χ0v) is 10.7. The van der Waals surface area contributed by atoms with Gasteiger partial charge in [0, 0.05) is 6.61 Å². The molecule has 1 aliphatic rings. The number of aryl methyl sites for hydroxylation is 1. The second-order valence-corrected chi connectivity index (χ2v) is 4.96. The molecule has 1 atom stereocenters. The summed E-state index contributed by atoms with van der Waals surface area (Å²) in [7, 11) is 0. The lowest BCUT2D eigenvalue weighted by molar-refractivity contribution is -0.175. The molecule has 0 spiro atoms. The van der Waals surface area contributed by atoms with Crippen LogP contribution < -0.4 is 0 Å². The highest BCUT2D eigenvalue weighted by Crippen LogP contribution is 2.41. The number of carboxylic acid groups (broad SMARTS) is 1. The minimum Gasteiger partial charge on any atom is -0.481 e. The molecule has 0 fully saturated rings. The summed E-state index contributed by atoms with van der Waals surface area (Å²) in [4.78, 5) is 11.6. The van der Waals surface area contributed by atoms with E-state index in [0.29, 0.717) is 18.4 Å². The molecule has 3 nitrogen and oxygen atoms in total. The summed E-state index contributed by atoms with van der Waals surface area (Å²) >= 11 is 0. The van der Waals surface area contributed by atoms with Crippen LogP contribution in [-0.4, -0.2) is 30.5 Å². The van der Waals surface area contributed by atoms with E-state index >= 15 is 0 Å². The number of hydrogen-bond acceptors (Lipinski definition) is 2. The molecule has 2 rings (SSSR count). The number of hydrogen-bond donors (Lipinski definition) is 1. The van der Waals surface area contributed by atoms with Crippen LogP contribution in [0, 0.1) is 0 Å². The normalized spacial score (nSPS) is 21.8. The van der Waals surface area contributed by atoms with E-state index in [4.69, 9.17) is 0 Å². The molecule has 6 heteroatoms. The summed E-state index contributed by atoms with van der Waals surface area (Å²) in [6.07, 6.45) is -3.31. The molecule has 1 N–H and O–H groups in total. The molecule has 0 saturated carbocycles. The maximum absolute atomic E-state index is 12.0. The van der Waals surface area contributed by atoms with Crippen LogP contribution in [-0.2, 0) is 21.4 Å². The standard InChI is InChI=1S/C14H15F3O3/c15-14(16,17)9-20-8-7-13(12(18)19)6-5-10-3-1-2-4-11(10)13/h1-4H,5-9H2,(H,18,19). The third-order valence-electron chi connectivity index (χ3n) is 3.70. The molecule has 1 unspecified atom stereocenters. The van der Waals surface area contributed by atoms with Gasteiger partial charge in [-0.05, 0) is 30.4 Å². The average Bonchev–Trinajstić information content (AvgIpc) is 2.74. The van der Waals surface area contributed by atoms with Gasteiger partial charge in [0.05, 0.1) is 5.41 Å². The third kappa shape index (κ3) is 2.95. The number of alkyl halides is 3. The fraction of sp³-hybridized carbons (Fsp3) is 0.500. The molecule has 1 aromatic carbocycles. The number of aliphatic carboxylic acids is 1. The molecule has 1 aromatic rings. The van der Waals surface area contributed by atoms with Crippen LogP contribution >= 0.6 is 0 Å². The van der Waals surface area contributed by atoms with E-state index < -0.39 is 24.2 Å². The molecule has 0 amide bonds. The van der Waals surface area contributed by atoms with Gasteiger partial charge in [0.15, 0.2) is 0 Å². The van der Waals surface area contributed by atoms with E-state index in [2.05, 4.69) is 4.74 Å². The maximum atomic E-state index is 12.0. The summed E-state index contributed by atoms with van der Waals surface area (Å²) in [6, 6.07) is 7.17. The van der Waals surface area contributed by atoms with Gasteiger partial charge in [0.1, 0.15) is 6.61 Å². The second-order valence-electron chi connectivity index (χ2n) is 4.96. The summed E-state index contributed by atoms with van der Waals surface area (Å²) < 4.78 is 40.6. The number of carbonyl (C=O) groups is 1. The van der Waals surface area contributed by atoms with E-state index in [-0.39, 0.29) is 13.0 Å². The molecular formula is C14H15F3O3. The minimum atomic E-state index is -4.38. The van der Waals surface area contributed by atoms with Gasteiger partial charge in [-0.3, -0.25) is 4.79 Å². The highest BCUT2D eigenvalue weighted by atomic mass is 19.4. The number of halogens is 3. The Labute approximate surface area is 114 Å². The number of carboxylic acids is 1. The van der Waals surface area contributed by atoms with Gasteiger partial charge >= 0.3 is 12.1 Å². The molecule has 1 aliphatic carbocycles. The van der Waals surface area contributed by atoms with Crippen LogP contribution in [0.2, 0.25) is 0 Å². The Kier molecular flexibility index (Phi) is 4.04. The van der Waals surface area contributed by atoms with Gasteiger partial charge in [0.25, 0.3) is 0 Å². The molecule has 0 aliphatic heterocycles. The van der Waals surface area contributed by atoms with Gasteiger partial charge in [0.2, 0.25) is 0 Å². The van der Waals surface area contributed by atoms with E-state index in [1.165, 1.54) is 0 Å². The predicted octanol–water partition coefficient (Wildman–Crippen LogP) is 2.92. The van der Waals surface area contributed by atoms with Crippen LogP contribution in [0.1, 0.15) is 24.0 Å². The van der Waals surface area contributed by atoms with Crippen molar-refractivity contribution in [3.05, 3.63) is 35.4 Å². The van der Waals surface area contributed by atoms with Crippen LogP contribution in [0.25, 0.3) is 0 Å². The van der Waals surface area contributed by atoms with Crippen LogP contribution in [0.5, 0.6) is 0 Å². The van der Waals surface area contributed by atoms with Gasteiger partial charge in [-0.25, -0.2) is 0 Å². The van der Waals surface area contributed by atoms with Crippen molar-refractivity contribution in [2.75, 3.05) is 13.2 Å². The van der Waals surface area contributed by atoms with E-state index in [0.717, 1.165) is 5.56 Å². The van der Waals surface area contributed by atoms with Gasteiger partial charge in [-0.2, -0.15) is 13.2 Å². The van der Waals surface area contributed by atoms with Crippen molar-refractivity contribution in [1.82, 2.24) is 0 Å². The first-order valence-electron chi connectivity index (χ1n) is 6.31. The fourth-order valence-corrected chi connectivity index (χ4v) is 2.71. The minimum absolute atomic E-state index is 0.0510. The number of fused-ring (bicyclic) bond motifs is 1. The molecule has 0 aromatic heterocycles. The summed E-state index contributed by atoms with van der Waals surface area (Å²) in [5.41, 5.74) is 0.524. The number of benzene rings is 1.